The molecule has 0 saturated heterocycles. The number of hydrogen-bond donors (Lipinski definition) is 0. The number of benzene rings is 7. The molecule has 0 amide bonds. The Morgan fingerprint density at radius 1 is 0.389 bits per heavy atom. The molecule has 258 valence electrons. The van der Waals surface area contributed by atoms with Gasteiger partial charge in [-0.3, -0.25) is 0 Å². The smallest absolute Gasteiger partial charge is 0.164 e. The van der Waals surface area contributed by atoms with Crippen molar-refractivity contribution in [2.45, 2.75) is 37.5 Å². The summed E-state index contributed by atoms with van der Waals surface area (Å²) in [4.78, 5) is 15.2. The van der Waals surface area contributed by atoms with E-state index in [0.717, 1.165) is 40.4 Å². The van der Waals surface area contributed by atoms with E-state index >= 15 is 0 Å². The summed E-state index contributed by atoms with van der Waals surface area (Å²) < 4.78 is 0. The van der Waals surface area contributed by atoms with Crippen molar-refractivity contribution in [1.82, 2.24) is 15.0 Å². The second-order valence-electron chi connectivity index (χ2n) is 16.4. The van der Waals surface area contributed by atoms with Crippen LogP contribution in [-0.4, -0.2) is 15.0 Å². The Balaban J connectivity index is 0.966. The summed E-state index contributed by atoms with van der Waals surface area (Å²) in [6, 6.07) is 55.3. The van der Waals surface area contributed by atoms with Crippen LogP contribution in [0.25, 0.3) is 78.0 Å². The second-order valence-corrected chi connectivity index (χ2v) is 16.4. The fourth-order valence-corrected chi connectivity index (χ4v) is 11.7. The molecule has 1 spiro atoms. The zero-order chi connectivity index (χ0) is 35.4. The quantitative estimate of drug-likeness (QED) is 0.172. The van der Waals surface area contributed by atoms with Crippen LogP contribution in [-0.2, 0) is 5.41 Å². The van der Waals surface area contributed by atoms with Crippen molar-refractivity contribution in [3.8, 4) is 56.4 Å². The molecule has 4 fully saturated rings. The Bertz CT molecular complexity index is 2750. The number of rotatable bonds is 4. The van der Waals surface area contributed by atoms with Crippen LogP contribution in [0.1, 0.15) is 43.2 Å². The van der Waals surface area contributed by atoms with E-state index in [2.05, 4.69) is 133 Å². The number of nitrogens with zero attached hydrogens (tertiary/aromatic N) is 3. The molecule has 5 aliphatic rings. The third kappa shape index (κ3) is 4.39. The number of hydrogen-bond acceptors (Lipinski definition) is 3. The molecule has 0 atom stereocenters. The summed E-state index contributed by atoms with van der Waals surface area (Å²) in [6.07, 6.45) is 7.06. The van der Waals surface area contributed by atoms with Crippen LogP contribution in [0.4, 0.5) is 0 Å². The van der Waals surface area contributed by atoms with Crippen molar-refractivity contribution in [1.29, 1.82) is 0 Å². The lowest BCUT2D eigenvalue weighted by atomic mass is 9.43. The minimum Gasteiger partial charge on any atom is -0.208 e. The van der Waals surface area contributed by atoms with Crippen molar-refractivity contribution in [3.05, 3.63) is 163 Å². The number of aromatic nitrogens is 3. The Morgan fingerprint density at radius 3 is 1.72 bits per heavy atom. The maximum absolute atomic E-state index is 5.14. The summed E-state index contributed by atoms with van der Waals surface area (Å²) in [5, 5.41) is 4.90. The summed E-state index contributed by atoms with van der Waals surface area (Å²) >= 11 is 0. The maximum atomic E-state index is 5.14. The average molecular weight is 694 g/mol. The molecule has 3 heteroatoms. The topological polar surface area (TPSA) is 38.7 Å². The SMILES string of the molecule is c1ccc(-c2nc(-c3ccc(-c4cccc5c4-c4ccccc4C54C5CC6CC(C5)CC4C6)cc3)nc(-c3ccc4c(ccc5ccccc54)c3)n2)cc1. The molecular weight excluding hydrogens is 655 g/mol. The largest absolute Gasteiger partial charge is 0.208 e. The lowest BCUT2D eigenvalue weighted by molar-refractivity contribution is -0.0399. The van der Waals surface area contributed by atoms with Gasteiger partial charge in [-0.1, -0.05) is 146 Å². The van der Waals surface area contributed by atoms with Crippen LogP contribution in [0.5, 0.6) is 0 Å². The highest BCUT2D eigenvalue weighted by Gasteiger charge is 2.61. The van der Waals surface area contributed by atoms with Crippen LogP contribution < -0.4 is 0 Å². The summed E-state index contributed by atoms with van der Waals surface area (Å²) in [5.74, 6) is 5.42. The molecule has 0 N–H and O–H groups in total. The first-order chi connectivity index (χ1) is 26.7. The van der Waals surface area contributed by atoms with Crippen LogP contribution in [0.3, 0.4) is 0 Å². The van der Waals surface area contributed by atoms with E-state index in [0.29, 0.717) is 17.5 Å². The molecule has 0 aliphatic heterocycles. The Morgan fingerprint density at radius 2 is 0.944 bits per heavy atom. The van der Waals surface area contributed by atoms with Gasteiger partial charge in [0.15, 0.2) is 17.5 Å². The van der Waals surface area contributed by atoms with Gasteiger partial charge in [-0.2, -0.15) is 0 Å². The van der Waals surface area contributed by atoms with Crippen LogP contribution >= 0.6 is 0 Å². The van der Waals surface area contributed by atoms with E-state index in [1.54, 1.807) is 11.1 Å². The Labute approximate surface area is 315 Å². The van der Waals surface area contributed by atoms with Crippen LogP contribution in [0, 0.1) is 23.7 Å². The molecule has 3 nitrogen and oxygen atoms in total. The third-order valence-electron chi connectivity index (χ3n) is 13.7. The summed E-state index contributed by atoms with van der Waals surface area (Å²) in [5.41, 5.74) is 11.8. The van der Waals surface area contributed by atoms with Crippen LogP contribution in [0.2, 0.25) is 0 Å². The van der Waals surface area contributed by atoms with Crippen molar-refractivity contribution in [3.63, 3.8) is 0 Å². The minimum absolute atomic E-state index is 0.167. The Hall–Kier alpha value is -5.93. The van der Waals surface area contributed by atoms with E-state index in [4.69, 9.17) is 15.0 Å². The van der Waals surface area contributed by atoms with Gasteiger partial charge in [-0.15, -0.1) is 0 Å². The molecule has 1 heterocycles. The Kier molecular flexibility index (Phi) is 6.52. The van der Waals surface area contributed by atoms with Gasteiger partial charge in [0.05, 0.1) is 0 Å². The average Bonchev–Trinajstić information content (AvgIpc) is 3.53. The lowest BCUT2D eigenvalue weighted by Crippen LogP contribution is -2.55. The molecule has 5 aliphatic carbocycles. The standard InChI is InChI=1S/C51H39N3/c1-2-10-35(11-3-1)48-52-49(54-50(53-48)38-23-24-42-37(30-38)22-19-33-9-4-5-12-41(33)42)36-20-17-34(18-21-36)43-14-8-16-46-47(43)44-13-6-7-15-45(44)51(46)39-26-31-25-32(28-39)29-40(51)27-31/h1-24,30-32,39-40H,25-29H2. The van der Waals surface area contributed by atoms with Gasteiger partial charge in [-0.25, -0.2) is 15.0 Å². The highest BCUT2D eigenvalue weighted by atomic mass is 15.0. The maximum Gasteiger partial charge on any atom is 0.164 e. The zero-order valence-corrected chi connectivity index (χ0v) is 30.1. The van der Waals surface area contributed by atoms with E-state index in [9.17, 15) is 0 Å². The van der Waals surface area contributed by atoms with Gasteiger partial charge in [0, 0.05) is 22.1 Å². The molecule has 54 heavy (non-hydrogen) atoms. The molecule has 4 bridgehead atoms. The lowest BCUT2D eigenvalue weighted by Gasteiger charge is -2.61. The van der Waals surface area contributed by atoms with Gasteiger partial charge < -0.3 is 0 Å². The minimum atomic E-state index is 0.167. The second kappa shape index (κ2) is 11.5. The van der Waals surface area contributed by atoms with E-state index in [-0.39, 0.29) is 5.41 Å². The molecule has 4 saturated carbocycles. The predicted octanol–water partition coefficient (Wildman–Crippen LogP) is 12.6. The van der Waals surface area contributed by atoms with Gasteiger partial charge in [0.2, 0.25) is 0 Å². The molecule has 0 radical (unpaired) electrons. The first kappa shape index (κ1) is 30.5. The van der Waals surface area contributed by atoms with Gasteiger partial charge in [0.1, 0.15) is 0 Å². The van der Waals surface area contributed by atoms with E-state index < -0.39 is 0 Å². The zero-order valence-electron chi connectivity index (χ0n) is 30.1. The molecule has 8 aromatic rings. The highest BCUT2D eigenvalue weighted by Crippen LogP contribution is 2.70. The fourth-order valence-electron chi connectivity index (χ4n) is 11.7. The van der Waals surface area contributed by atoms with Crippen molar-refractivity contribution >= 4 is 21.5 Å². The first-order valence-corrected chi connectivity index (χ1v) is 19.8. The molecular formula is C51H39N3. The molecule has 7 aromatic carbocycles. The van der Waals surface area contributed by atoms with Crippen LogP contribution in [0.15, 0.2) is 152 Å². The molecule has 1 aromatic heterocycles. The summed E-state index contributed by atoms with van der Waals surface area (Å²) in [6.45, 7) is 0. The first-order valence-electron chi connectivity index (χ1n) is 19.8. The predicted molar refractivity (Wildman–Crippen MR) is 220 cm³/mol. The van der Waals surface area contributed by atoms with Crippen molar-refractivity contribution < 1.29 is 0 Å². The fraction of sp³-hybridized carbons (Fsp3) is 0.196. The molecule has 13 rings (SSSR count). The van der Waals surface area contributed by atoms with E-state index in [1.807, 2.05) is 18.2 Å². The normalized spacial score (nSPS) is 23.3. The van der Waals surface area contributed by atoms with Crippen molar-refractivity contribution in [2.24, 2.45) is 23.7 Å². The van der Waals surface area contributed by atoms with Gasteiger partial charge >= 0.3 is 0 Å². The van der Waals surface area contributed by atoms with Gasteiger partial charge in [-0.05, 0) is 117 Å². The van der Waals surface area contributed by atoms with Gasteiger partial charge in [0.25, 0.3) is 0 Å². The highest BCUT2D eigenvalue weighted by molar-refractivity contribution is 6.08. The third-order valence-corrected chi connectivity index (χ3v) is 13.7. The summed E-state index contributed by atoms with van der Waals surface area (Å²) in [7, 11) is 0. The monoisotopic (exact) mass is 693 g/mol. The van der Waals surface area contributed by atoms with E-state index in [1.165, 1.54) is 75.9 Å². The number of fused-ring (bicyclic) bond motifs is 6. The van der Waals surface area contributed by atoms with Crippen molar-refractivity contribution in [2.75, 3.05) is 0 Å². The molecule has 0 unspecified atom stereocenters.